The number of carbonyl (C=O) groups excluding carboxylic acids is 2. The lowest BCUT2D eigenvalue weighted by Crippen LogP contribution is -2.59. The molecule has 9 heteroatoms. The van der Waals surface area contributed by atoms with Crippen LogP contribution in [0.4, 0.5) is 4.70 Å². The van der Waals surface area contributed by atoms with Gasteiger partial charge in [0, 0.05) is 24.9 Å². The topological polar surface area (TPSA) is 99.5 Å². The maximum atomic E-state index is 14.3. The molecule has 0 saturated heterocycles. The molecule has 0 spiro atoms. The molecule has 2 aliphatic rings. The minimum Gasteiger partial charge on any atom is -0.459 e. The van der Waals surface area contributed by atoms with E-state index in [0.29, 0.717) is 13.1 Å². The molecule has 0 amide bonds. The molecule has 0 aliphatic heterocycles. The summed E-state index contributed by atoms with van der Waals surface area (Å²) in [6, 6.07) is 73.7. The summed E-state index contributed by atoms with van der Waals surface area (Å²) in [6.45, 7) is 19.8. The number of aliphatic hydroxyl groups is 2. The maximum Gasteiger partial charge on any atom is 0.324 e. The van der Waals surface area contributed by atoms with E-state index in [9.17, 15) is 19.8 Å². The quantitative estimate of drug-likeness (QED) is 0.0687. The summed E-state index contributed by atoms with van der Waals surface area (Å²) in [5.74, 6) is -1.52. The van der Waals surface area contributed by atoms with Gasteiger partial charge in [0.1, 0.15) is 23.3 Å². The van der Waals surface area contributed by atoms with Crippen LogP contribution in [0.3, 0.4) is 0 Å². The van der Waals surface area contributed by atoms with Crippen LogP contribution >= 0.6 is 0 Å². The number of benzene rings is 8. The second kappa shape index (κ2) is 26.0. The first-order chi connectivity index (χ1) is 38.4. The number of ether oxygens (including phenoxy) is 2. The van der Waals surface area contributed by atoms with E-state index in [1.807, 2.05) is 127 Å². The number of aliphatic hydroxyl groups excluding tert-OH is 2. The third-order valence-corrected chi connectivity index (χ3v) is 15.6. The number of hydrogen-bond donors (Lipinski definition) is 2. The van der Waals surface area contributed by atoms with E-state index in [-0.39, 0.29) is 24.0 Å². The summed E-state index contributed by atoms with van der Waals surface area (Å²) >= 11 is 0. The highest BCUT2D eigenvalue weighted by Gasteiger charge is 2.56. The van der Waals surface area contributed by atoms with Crippen molar-refractivity contribution in [2.45, 2.75) is 116 Å². The van der Waals surface area contributed by atoms with Crippen LogP contribution in [0.1, 0.15) is 107 Å². The molecule has 2 N–H and O–H groups in total. The van der Waals surface area contributed by atoms with E-state index >= 15 is 0 Å². The Labute approximate surface area is 486 Å². The summed E-state index contributed by atoms with van der Waals surface area (Å²) in [6.07, 6.45) is 0.739. The van der Waals surface area contributed by atoms with E-state index in [4.69, 9.17) is 9.47 Å². The molecular formula is C73H81FN2O6. The monoisotopic (exact) mass is 1100 g/mol. The average Bonchev–Trinajstić information content (AvgIpc) is 4.17. The van der Waals surface area contributed by atoms with Crippen LogP contribution in [0.15, 0.2) is 231 Å². The Hall–Kier alpha value is -7.79. The molecule has 8 aromatic rings. The molecule has 0 bridgehead atoms. The van der Waals surface area contributed by atoms with E-state index in [2.05, 4.69) is 169 Å². The van der Waals surface area contributed by atoms with Crippen LogP contribution in [0, 0.1) is 11.8 Å². The van der Waals surface area contributed by atoms with Crippen molar-refractivity contribution < 1.29 is 34.0 Å². The minimum absolute atomic E-state index is 0. The van der Waals surface area contributed by atoms with Crippen molar-refractivity contribution in [3.63, 3.8) is 0 Å². The zero-order valence-corrected chi connectivity index (χ0v) is 47.9. The van der Waals surface area contributed by atoms with Crippen LogP contribution in [0.5, 0.6) is 0 Å². The van der Waals surface area contributed by atoms with Crippen molar-refractivity contribution in [3.05, 3.63) is 276 Å². The van der Waals surface area contributed by atoms with Gasteiger partial charge < -0.3 is 19.7 Å². The fraction of sp³-hybridized carbons (Fsp3) is 0.288. The molecule has 2 aliphatic carbocycles. The molecule has 426 valence electrons. The molecule has 0 aromatic heterocycles. The molecule has 0 saturated carbocycles. The first kappa shape index (κ1) is 61.8. The first-order valence-corrected chi connectivity index (χ1v) is 27.9. The van der Waals surface area contributed by atoms with Gasteiger partial charge in [-0.3, -0.25) is 24.1 Å². The molecule has 8 aromatic carbocycles. The van der Waals surface area contributed by atoms with Crippen molar-refractivity contribution in [2.75, 3.05) is 6.61 Å². The zero-order valence-electron chi connectivity index (χ0n) is 47.9. The molecule has 82 heavy (non-hydrogen) atoms. The largest absolute Gasteiger partial charge is 0.459 e. The fourth-order valence-electron chi connectivity index (χ4n) is 12.2. The first-order valence-electron chi connectivity index (χ1n) is 27.9. The normalized spacial score (nSPS) is 15.2. The molecule has 0 unspecified atom stereocenters. The highest BCUT2D eigenvalue weighted by atomic mass is 19.0. The predicted molar refractivity (Wildman–Crippen MR) is 330 cm³/mol. The van der Waals surface area contributed by atoms with Crippen LogP contribution in [0.25, 0.3) is 22.3 Å². The Morgan fingerprint density at radius 1 is 0.488 bits per heavy atom. The number of carbonyl (C=O) groups is 2. The lowest BCUT2D eigenvalue weighted by molar-refractivity contribution is -0.169. The van der Waals surface area contributed by atoms with E-state index in [0.717, 1.165) is 55.6 Å². The Morgan fingerprint density at radius 2 is 0.768 bits per heavy atom. The van der Waals surface area contributed by atoms with Crippen LogP contribution in [0.2, 0.25) is 0 Å². The van der Waals surface area contributed by atoms with Crippen molar-refractivity contribution >= 4 is 11.9 Å². The van der Waals surface area contributed by atoms with Gasteiger partial charge in [-0.25, -0.2) is 0 Å². The maximum absolute atomic E-state index is 14.3. The zero-order chi connectivity index (χ0) is 56.8. The lowest BCUT2D eigenvalue weighted by atomic mass is 9.76. The van der Waals surface area contributed by atoms with Gasteiger partial charge in [-0.15, -0.1) is 6.58 Å². The third kappa shape index (κ3) is 12.1. The minimum atomic E-state index is -1.13. The van der Waals surface area contributed by atoms with Crippen molar-refractivity contribution in [3.8, 4) is 22.3 Å². The SMILES string of the molecule is C.C=C[C@H](C)[C@@H](C(=O)OC(C)(C)C)N(Cc1ccccc1)C1(c2ccccc2)c2ccccc2-c2ccccc21.C[C@H]([C@@H](C(=O)OC(C)(C)C)N(Cc1ccccc1)C1(c2ccccc2)c2ccccc2-c2ccccc21)[C@@H](O)CO.F. The molecule has 5 atom stereocenters. The van der Waals surface area contributed by atoms with Gasteiger partial charge in [0.25, 0.3) is 0 Å². The summed E-state index contributed by atoms with van der Waals surface area (Å²) < 4.78 is 12.2. The van der Waals surface area contributed by atoms with Crippen molar-refractivity contribution in [1.82, 2.24) is 9.80 Å². The van der Waals surface area contributed by atoms with Gasteiger partial charge in [-0.2, -0.15) is 0 Å². The highest BCUT2D eigenvalue weighted by molar-refractivity contribution is 5.86. The predicted octanol–water partition coefficient (Wildman–Crippen LogP) is 14.9. The van der Waals surface area contributed by atoms with Gasteiger partial charge in [-0.1, -0.05) is 246 Å². The number of halogens is 1. The third-order valence-electron chi connectivity index (χ3n) is 15.6. The Morgan fingerprint density at radius 3 is 1.07 bits per heavy atom. The highest BCUT2D eigenvalue weighted by Crippen LogP contribution is 2.58. The summed E-state index contributed by atoms with van der Waals surface area (Å²) in [5.41, 5.74) is 10.3. The molecular weight excluding hydrogens is 1020 g/mol. The van der Waals surface area contributed by atoms with Crippen molar-refractivity contribution in [2.24, 2.45) is 11.8 Å². The summed E-state index contributed by atoms with van der Waals surface area (Å²) in [7, 11) is 0. The van der Waals surface area contributed by atoms with E-state index in [1.54, 1.807) is 0 Å². The number of rotatable bonds is 17. The summed E-state index contributed by atoms with van der Waals surface area (Å²) in [5, 5.41) is 21.1. The Bertz CT molecular complexity index is 3300. The van der Waals surface area contributed by atoms with Gasteiger partial charge in [0.15, 0.2) is 0 Å². The second-order valence-corrected chi connectivity index (χ2v) is 23.2. The number of hydrogen-bond acceptors (Lipinski definition) is 8. The molecule has 10 rings (SSSR count). The van der Waals surface area contributed by atoms with Crippen molar-refractivity contribution in [1.29, 1.82) is 0 Å². The molecule has 0 radical (unpaired) electrons. The average molecular weight is 1100 g/mol. The Kier molecular flexibility index (Phi) is 19.6. The van der Waals surface area contributed by atoms with E-state index in [1.165, 1.54) is 11.1 Å². The molecule has 0 fully saturated rings. The van der Waals surface area contributed by atoms with Crippen LogP contribution < -0.4 is 0 Å². The van der Waals surface area contributed by atoms with Crippen LogP contribution in [-0.2, 0) is 43.2 Å². The number of fused-ring (bicyclic) bond motifs is 6. The lowest BCUT2D eigenvalue weighted by Gasteiger charge is -2.49. The second-order valence-electron chi connectivity index (χ2n) is 23.2. The Balaban J connectivity index is 0.000000231. The summed E-state index contributed by atoms with van der Waals surface area (Å²) in [4.78, 5) is 33.1. The van der Waals surface area contributed by atoms with E-state index < -0.39 is 59.0 Å². The van der Waals surface area contributed by atoms with Crippen LogP contribution in [-0.4, -0.2) is 67.9 Å². The molecule has 0 heterocycles. The standard InChI is InChI=1S/C36H39NO4.C36H37NO2.CH4.FH/c1-25(32(39)24-38)33(34(40)41-35(2,3)4)37(23-26-15-7-5-8-16-26)36(27-17-9-6-10-18-27)30-21-13-11-19-28(30)29-20-12-14-22-31(29)36;1-6-26(2)33(34(38)39-35(3,4)5)37(25-27-17-9-7-10-18-27)36(28-19-11-8-12-20-28)31-23-15-13-21-29(31)30-22-14-16-24-32(30)36;;/h5-22,25,32-33,38-39H,23-24H2,1-4H3;6-24,26,33H,1,25H2,2-5H3;1H4;1H/t25-,32-,33-;26-,33-;;/m00../s1. The number of esters is 2. The fourth-order valence-corrected chi connectivity index (χ4v) is 12.2. The molecule has 8 nitrogen and oxygen atoms in total. The van der Waals surface area contributed by atoms with Gasteiger partial charge >= 0.3 is 11.9 Å². The smallest absolute Gasteiger partial charge is 0.324 e. The van der Waals surface area contributed by atoms with Gasteiger partial charge in [0.05, 0.1) is 23.8 Å². The number of nitrogens with zero attached hydrogens (tertiary/aromatic N) is 2. The van der Waals surface area contributed by atoms with Gasteiger partial charge in [-0.05, 0) is 108 Å². The van der Waals surface area contributed by atoms with Gasteiger partial charge in [0.2, 0.25) is 0 Å².